The second kappa shape index (κ2) is 6.28. The largest absolute Gasteiger partial charge is 0.427 e. The maximum absolute atomic E-state index is 10.7. The van der Waals surface area contributed by atoms with Crippen LogP contribution in [-0.4, -0.2) is 19.7 Å². The second-order valence-electron chi connectivity index (χ2n) is 3.72. The van der Waals surface area contributed by atoms with Crippen LogP contribution >= 0.6 is 0 Å². The summed E-state index contributed by atoms with van der Waals surface area (Å²) in [6, 6.07) is 7.58. The lowest BCUT2D eigenvalue weighted by molar-refractivity contribution is -0.131. The zero-order valence-electron chi connectivity index (χ0n) is 10.0. The smallest absolute Gasteiger partial charge is 0.308 e. The van der Waals surface area contributed by atoms with Crippen LogP contribution in [0.4, 0.5) is 0 Å². The summed E-state index contributed by atoms with van der Waals surface area (Å²) in [7, 11) is 1.70. The molecule has 1 rings (SSSR count). The van der Waals surface area contributed by atoms with Gasteiger partial charge in [0.2, 0.25) is 0 Å². The van der Waals surface area contributed by atoms with E-state index in [-0.39, 0.29) is 5.97 Å². The first-order valence-electron chi connectivity index (χ1n) is 5.44. The lowest BCUT2D eigenvalue weighted by Gasteiger charge is -2.14. The van der Waals surface area contributed by atoms with Gasteiger partial charge in [0.05, 0.1) is 6.61 Å². The maximum Gasteiger partial charge on any atom is 0.308 e. The highest BCUT2D eigenvalue weighted by Crippen LogP contribution is 2.22. The molecule has 1 aromatic rings. The van der Waals surface area contributed by atoms with Crippen molar-refractivity contribution in [1.29, 1.82) is 0 Å². The molecule has 0 aliphatic rings. The van der Waals surface area contributed by atoms with Gasteiger partial charge in [-0.1, -0.05) is 19.1 Å². The molecule has 0 amide bonds. The van der Waals surface area contributed by atoms with Crippen LogP contribution in [0.1, 0.15) is 31.7 Å². The molecule has 0 aliphatic carbocycles. The van der Waals surface area contributed by atoms with Crippen LogP contribution in [0.5, 0.6) is 5.75 Å². The first-order valence-corrected chi connectivity index (χ1v) is 5.44. The van der Waals surface area contributed by atoms with E-state index in [1.165, 1.54) is 12.5 Å². The van der Waals surface area contributed by atoms with E-state index in [0.717, 1.165) is 6.42 Å². The Morgan fingerprint density at radius 2 is 1.94 bits per heavy atom. The average molecular weight is 222 g/mol. The summed E-state index contributed by atoms with van der Waals surface area (Å²) >= 11 is 0. The van der Waals surface area contributed by atoms with Gasteiger partial charge in [-0.25, -0.2) is 0 Å². The summed E-state index contributed by atoms with van der Waals surface area (Å²) in [6.45, 7) is 4.24. The standard InChI is InChI=1S/C13H18O3/c1-4-11(9-15-3)12-5-7-13(8-6-12)16-10(2)14/h5-8,11H,4,9H2,1-3H3. The summed E-state index contributed by atoms with van der Waals surface area (Å²) in [4.78, 5) is 10.7. The summed E-state index contributed by atoms with van der Waals surface area (Å²) in [5.74, 6) is 0.691. The molecule has 1 unspecified atom stereocenters. The van der Waals surface area contributed by atoms with Crippen LogP contribution in [0, 0.1) is 0 Å². The number of hydrogen-bond acceptors (Lipinski definition) is 3. The Morgan fingerprint density at radius 3 is 2.38 bits per heavy atom. The molecule has 0 saturated heterocycles. The molecule has 16 heavy (non-hydrogen) atoms. The molecule has 0 spiro atoms. The van der Waals surface area contributed by atoms with E-state index in [0.29, 0.717) is 18.3 Å². The Bertz CT molecular complexity index is 330. The van der Waals surface area contributed by atoms with Gasteiger partial charge in [0.25, 0.3) is 0 Å². The lowest BCUT2D eigenvalue weighted by atomic mass is 9.97. The highest BCUT2D eigenvalue weighted by atomic mass is 16.5. The van der Waals surface area contributed by atoms with Crippen LogP contribution in [0.15, 0.2) is 24.3 Å². The Morgan fingerprint density at radius 1 is 1.31 bits per heavy atom. The van der Waals surface area contributed by atoms with Crippen LogP contribution in [0.3, 0.4) is 0 Å². The molecule has 1 aromatic carbocycles. The Balaban J connectivity index is 2.72. The average Bonchev–Trinajstić information content (AvgIpc) is 2.26. The maximum atomic E-state index is 10.7. The van der Waals surface area contributed by atoms with Gasteiger partial charge in [-0.3, -0.25) is 4.79 Å². The number of hydrogen-bond donors (Lipinski definition) is 0. The van der Waals surface area contributed by atoms with Crippen LogP contribution < -0.4 is 4.74 Å². The van der Waals surface area contributed by atoms with Crippen LogP contribution in [0.25, 0.3) is 0 Å². The Hall–Kier alpha value is -1.35. The van der Waals surface area contributed by atoms with Crippen molar-refractivity contribution in [2.75, 3.05) is 13.7 Å². The zero-order valence-corrected chi connectivity index (χ0v) is 10.0. The van der Waals surface area contributed by atoms with Crippen molar-refractivity contribution in [3.8, 4) is 5.75 Å². The fourth-order valence-corrected chi connectivity index (χ4v) is 1.62. The van der Waals surface area contributed by atoms with Gasteiger partial charge < -0.3 is 9.47 Å². The number of ether oxygens (including phenoxy) is 2. The quantitative estimate of drug-likeness (QED) is 0.567. The van der Waals surface area contributed by atoms with Crippen molar-refractivity contribution < 1.29 is 14.3 Å². The van der Waals surface area contributed by atoms with Crippen molar-refractivity contribution in [2.45, 2.75) is 26.2 Å². The molecule has 1 atom stereocenters. The van der Waals surface area contributed by atoms with Crippen molar-refractivity contribution in [1.82, 2.24) is 0 Å². The minimum atomic E-state index is -0.295. The van der Waals surface area contributed by atoms with E-state index in [1.807, 2.05) is 24.3 Å². The zero-order chi connectivity index (χ0) is 12.0. The highest BCUT2D eigenvalue weighted by Gasteiger charge is 2.09. The van der Waals surface area contributed by atoms with Crippen LogP contribution in [0.2, 0.25) is 0 Å². The highest BCUT2D eigenvalue weighted by molar-refractivity contribution is 5.69. The van der Waals surface area contributed by atoms with Gasteiger partial charge in [0.1, 0.15) is 5.75 Å². The topological polar surface area (TPSA) is 35.5 Å². The fourth-order valence-electron chi connectivity index (χ4n) is 1.62. The van der Waals surface area contributed by atoms with Gasteiger partial charge in [0, 0.05) is 20.0 Å². The normalized spacial score (nSPS) is 12.2. The van der Waals surface area contributed by atoms with E-state index in [1.54, 1.807) is 7.11 Å². The molecule has 0 fully saturated rings. The van der Waals surface area contributed by atoms with Crippen molar-refractivity contribution in [3.63, 3.8) is 0 Å². The van der Waals surface area contributed by atoms with E-state index in [4.69, 9.17) is 9.47 Å². The predicted octanol–water partition coefficient (Wildman–Crippen LogP) is 2.75. The van der Waals surface area contributed by atoms with Crippen molar-refractivity contribution >= 4 is 5.97 Å². The fraction of sp³-hybridized carbons (Fsp3) is 0.462. The first kappa shape index (κ1) is 12.7. The van der Waals surface area contributed by atoms with Crippen molar-refractivity contribution in [3.05, 3.63) is 29.8 Å². The molecule has 0 bridgehead atoms. The minimum absolute atomic E-state index is 0.295. The summed E-state index contributed by atoms with van der Waals surface area (Å²) in [5, 5.41) is 0. The SMILES string of the molecule is CCC(COC)c1ccc(OC(C)=O)cc1. The third-order valence-corrected chi connectivity index (χ3v) is 2.47. The number of esters is 1. The van der Waals surface area contributed by atoms with Gasteiger partial charge in [-0.15, -0.1) is 0 Å². The molecular formula is C13H18O3. The monoisotopic (exact) mass is 222 g/mol. The molecule has 0 N–H and O–H groups in total. The molecule has 0 aliphatic heterocycles. The van der Waals surface area contributed by atoms with Gasteiger partial charge in [-0.05, 0) is 24.1 Å². The van der Waals surface area contributed by atoms with E-state index >= 15 is 0 Å². The van der Waals surface area contributed by atoms with Crippen LogP contribution in [-0.2, 0) is 9.53 Å². The third kappa shape index (κ3) is 3.66. The molecule has 0 heterocycles. The van der Waals surface area contributed by atoms with Gasteiger partial charge in [0.15, 0.2) is 0 Å². The summed E-state index contributed by atoms with van der Waals surface area (Å²) < 4.78 is 10.1. The number of methoxy groups -OCH3 is 1. The Labute approximate surface area is 96.4 Å². The summed E-state index contributed by atoms with van der Waals surface area (Å²) in [5.41, 5.74) is 1.21. The molecule has 88 valence electrons. The second-order valence-corrected chi connectivity index (χ2v) is 3.72. The molecule has 3 heteroatoms. The third-order valence-electron chi connectivity index (χ3n) is 2.47. The van der Waals surface area contributed by atoms with E-state index < -0.39 is 0 Å². The molecule has 0 radical (unpaired) electrons. The molecule has 3 nitrogen and oxygen atoms in total. The molecular weight excluding hydrogens is 204 g/mol. The summed E-state index contributed by atoms with van der Waals surface area (Å²) in [6.07, 6.45) is 1.03. The minimum Gasteiger partial charge on any atom is -0.427 e. The molecule has 0 aromatic heterocycles. The lowest BCUT2D eigenvalue weighted by Crippen LogP contribution is -2.05. The van der Waals surface area contributed by atoms with E-state index in [9.17, 15) is 4.79 Å². The Kier molecular flexibility index (Phi) is 4.99. The number of benzene rings is 1. The van der Waals surface area contributed by atoms with E-state index in [2.05, 4.69) is 6.92 Å². The predicted molar refractivity (Wildman–Crippen MR) is 62.7 cm³/mol. The number of carbonyl (C=O) groups excluding carboxylic acids is 1. The molecule has 0 saturated carbocycles. The number of carbonyl (C=O) groups is 1. The van der Waals surface area contributed by atoms with Gasteiger partial charge in [-0.2, -0.15) is 0 Å². The van der Waals surface area contributed by atoms with Gasteiger partial charge >= 0.3 is 5.97 Å². The first-order chi connectivity index (χ1) is 7.67. The number of rotatable bonds is 5. The van der Waals surface area contributed by atoms with Crippen molar-refractivity contribution in [2.24, 2.45) is 0 Å².